The van der Waals surface area contributed by atoms with E-state index in [9.17, 15) is 4.79 Å². The monoisotopic (exact) mass is 825 g/mol. The molecule has 0 heterocycles. The summed E-state index contributed by atoms with van der Waals surface area (Å²) >= 11 is 0. The first kappa shape index (κ1) is 46.0. The molecular weight excluding hydrogens is 741 g/mol. The van der Waals surface area contributed by atoms with E-state index in [1.165, 1.54) is 5.57 Å². The molecule has 3 saturated carbocycles. The molecule has 4 unspecified atom stereocenters. The minimum absolute atomic E-state index is 0.0208. The van der Waals surface area contributed by atoms with Crippen LogP contribution in [0.1, 0.15) is 86.0 Å². The van der Waals surface area contributed by atoms with Crippen LogP contribution in [-0.2, 0) is 26.9 Å². The summed E-state index contributed by atoms with van der Waals surface area (Å²) in [5.74, 6) is 1.37. The van der Waals surface area contributed by atoms with Gasteiger partial charge in [-0.2, -0.15) is 0 Å². The van der Waals surface area contributed by atoms with E-state index >= 15 is 0 Å². The first-order valence-corrected chi connectivity index (χ1v) is 38.3. The molecule has 6 nitrogen and oxygen atoms in total. The largest absolute Gasteiger partial charge is 0.414 e. The van der Waals surface area contributed by atoms with Crippen molar-refractivity contribution in [2.45, 2.75) is 214 Å². The van der Waals surface area contributed by atoms with Crippen LogP contribution in [0.4, 0.5) is 0 Å². The van der Waals surface area contributed by atoms with Gasteiger partial charge in [0.2, 0.25) is 0 Å². The van der Waals surface area contributed by atoms with Crippen molar-refractivity contribution in [3.8, 4) is 0 Å². The Bertz CT molecular complexity index is 1350. The Morgan fingerprint density at radius 2 is 1.32 bits per heavy atom. The van der Waals surface area contributed by atoms with Gasteiger partial charge in [-0.15, -0.1) is 0 Å². The third-order valence-corrected chi connectivity index (χ3v) is 18.1. The molecule has 4 aliphatic carbocycles. The summed E-state index contributed by atoms with van der Waals surface area (Å²) in [6, 6.07) is 0. The van der Waals surface area contributed by atoms with E-state index in [2.05, 4.69) is 139 Å². The Kier molecular flexibility index (Phi) is 13.1. The number of ketones is 1. The molecule has 0 bridgehead atoms. The molecule has 0 aliphatic heterocycles. The highest BCUT2D eigenvalue weighted by Gasteiger charge is 2.69. The summed E-state index contributed by atoms with van der Waals surface area (Å²) in [7, 11) is -9.32. The van der Waals surface area contributed by atoms with Crippen molar-refractivity contribution in [2.75, 3.05) is 0 Å². The van der Waals surface area contributed by atoms with E-state index in [0.29, 0.717) is 23.5 Å². The highest BCUT2D eigenvalue weighted by molar-refractivity contribution is 6.71. The van der Waals surface area contributed by atoms with Gasteiger partial charge in [-0.05, 0) is 198 Å². The molecule has 10 atom stereocenters. The van der Waals surface area contributed by atoms with E-state index in [1.54, 1.807) is 0 Å². The SMILES string of the molecule is C[C@H](C(CCC(C)(C)O[Si](C)(C)C)O[Si](C)(C)C)[C@H]1CC[C@@]2(O[Si](C)(C)C)C3=CC(=O)C4CC(O[Si](C)(C)C)C(O[Si](C)(C)C)C[C@]4(C)[C@H]3CC[C@]12C. The fraction of sp³-hybridized carbons (Fsp3) is 0.929. The average Bonchev–Trinajstić information content (AvgIpc) is 3.19. The summed E-state index contributed by atoms with van der Waals surface area (Å²) in [6.45, 7) is 46.7. The predicted octanol–water partition coefficient (Wildman–Crippen LogP) is 12.0. The van der Waals surface area contributed by atoms with Gasteiger partial charge in [0.1, 0.15) is 0 Å². The van der Waals surface area contributed by atoms with Gasteiger partial charge in [0, 0.05) is 17.4 Å². The number of rotatable bonds is 15. The third-order valence-electron chi connectivity index (χ3n) is 12.9. The lowest BCUT2D eigenvalue weighted by molar-refractivity contribution is -0.148. The minimum Gasteiger partial charge on any atom is -0.414 e. The Hall–Kier alpha value is 0.294. The zero-order valence-corrected chi connectivity index (χ0v) is 43.2. The molecule has 11 heteroatoms. The van der Waals surface area contributed by atoms with Crippen LogP contribution in [0.3, 0.4) is 0 Å². The van der Waals surface area contributed by atoms with Gasteiger partial charge >= 0.3 is 0 Å². The van der Waals surface area contributed by atoms with Crippen molar-refractivity contribution in [1.82, 2.24) is 0 Å². The van der Waals surface area contributed by atoms with Gasteiger partial charge in [-0.3, -0.25) is 4.79 Å². The molecule has 0 N–H and O–H groups in total. The zero-order chi connectivity index (χ0) is 40.6. The highest BCUT2D eigenvalue weighted by atomic mass is 28.4. The van der Waals surface area contributed by atoms with Gasteiger partial charge < -0.3 is 22.1 Å². The van der Waals surface area contributed by atoms with Crippen LogP contribution in [0.5, 0.6) is 0 Å². The molecule has 3 fully saturated rings. The Morgan fingerprint density at radius 1 is 0.755 bits per heavy atom. The van der Waals surface area contributed by atoms with E-state index < -0.39 is 47.2 Å². The van der Waals surface area contributed by atoms with E-state index in [1.807, 2.05) is 0 Å². The minimum atomic E-state index is -2.05. The zero-order valence-electron chi connectivity index (χ0n) is 38.2. The summed E-state index contributed by atoms with van der Waals surface area (Å²) < 4.78 is 35.5. The molecule has 0 aromatic rings. The topological polar surface area (TPSA) is 63.2 Å². The van der Waals surface area contributed by atoms with Gasteiger partial charge in [-0.1, -0.05) is 20.8 Å². The number of allylic oxidation sites excluding steroid dienone is 1. The number of carbonyl (C=O) groups is 1. The van der Waals surface area contributed by atoms with Crippen LogP contribution in [0.25, 0.3) is 0 Å². The van der Waals surface area contributed by atoms with Crippen LogP contribution in [0, 0.1) is 34.5 Å². The molecule has 0 spiro atoms. The lowest BCUT2D eigenvalue weighted by atomic mass is 9.46. The van der Waals surface area contributed by atoms with Crippen LogP contribution in [-0.4, -0.2) is 76.9 Å². The number of fused-ring (bicyclic) bond motifs is 5. The molecule has 4 aliphatic rings. The summed E-state index contributed by atoms with van der Waals surface area (Å²) in [5, 5.41) is 0. The second-order valence-corrected chi connectivity index (χ2v) is 46.1. The smallest absolute Gasteiger partial charge is 0.184 e. The Balaban J connectivity index is 1.76. The lowest BCUT2D eigenvalue weighted by Gasteiger charge is -2.63. The maximum absolute atomic E-state index is 14.7. The van der Waals surface area contributed by atoms with Crippen LogP contribution < -0.4 is 0 Å². The molecule has 53 heavy (non-hydrogen) atoms. The summed E-state index contributed by atoms with van der Waals surface area (Å²) in [6.07, 6.45) is 10.2. The highest BCUT2D eigenvalue weighted by Crippen LogP contribution is 2.70. The molecule has 0 amide bonds. The van der Waals surface area contributed by atoms with E-state index in [-0.39, 0.29) is 40.7 Å². The van der Waals surface area contributed by atoms with Gasteiger partial charge in [0.05, 0.1) is 23.4 Å². The standard InChI is InChI=1S/C42H84O6Si5/c1-30(36(44-49(6,7)8)23-24-39(2,3)47-52(15,16)17)31-22-26-42(48-53(18,19)20)33-27-35(43)34-28-37(45-50(9,10)11)38(46-51(12,13)14)29-40(34,4)32(33)21-25-41(31,42)5/h27,30-32,34,36-38H,21-26,28-29H2,1-20H3/t30-,31+,32-,34?,36?,37?,38?,40+,41+,42+/m0/s1. The quantitative estimate of drug-likeness (QED) is 0.153. The van der Waals surface area contributed by atoms with Gasteiger partial charge in [0.25, 0.3) is 0 Å². The molecule has 0 aromatic carbocycles. The third kappa shape index (κ3) is 10.7. The van der Waals surface area contributed by atoms with Crippen molar-refractivity contribution < 1.29 is 26.9 Å². The second kappa shape index (κ2) is 15.2. The fourth-order valence-corrected chi connectivity index (χ4v) is 18.4. The van der Waals surface area contributed by atoms with Crippen molar-refractivity contribution >= 4 is 47.4 Å². The number of hydrogen-bond donors (Lipinski definition) is 0. The van der Waals surface area contributed by atoms with Crippen LogP contribution >= 0.6 is 0 Å². The first-order chi connectivity index (χ1) is 23.6. The molecule has 0 saturated heterocycles. The number of carbonyl (C=O) groups excluding carboxylic acids is 1. The maximum atomic E-state index is 14.7. The fourth-order valence-electron chi connectivity index (χ4n) is 11.6. The van der Waals surface area contributed by atoms with Gasteiger partial charge in [-0.25, -0.2) is 0 Å². The lowest BCUT2D eigenvalue weighted by Crippen LogP contribution is -2.64. The van der Waals surface area contributed by atoms with Gasteiger partial charge in [0.15, 0.2) is 47.4 Å². The molecule has 4 rings (SSSR count). The molecular formula is C42H84O6Si5. The normalized spacial score (nSPS) is 35.7. The molecule has 0 aromatic heterocycles. The first-order valence-electron chi connectivity index (χ1n) is 21.3. The van der Waals surface area contributed by atoms with Crippen molar-refractivity contribution in [3.05, 3.63) is 11.6 Å². The summed E-state index contributed by atoms with van der Waals surface area (Å²) in [4.78, 5) is 14.7. The van der Waals surface area contributed by atoms with Crippen molar-refractivity contribution in [1.29, 1.82) is 0 Å². The van der Waals surface area contributed by atoms with E-state index in [4.69, 9.17) is 22.1 Å². The van der Waals surface area contributed by atoms with Crippen LogP contribution in [0.15, 0.2) is 11.6 Å². The summed E-state index contributed by atoms with van der Waals surface area (Å²) in [5.41, 5.74) is 0.445. The van der Waals surface area contributed by atoms with Crippen LogP contribution in [0.2, 0.25) is 98.2 Å². The second-order valence-electron chi connectivity index (χ2n) is 23.9. The Labute approximate surface area is 332 Å². The number of hydrogen-bond acceptors (Lipinski definition) is 6. The van der Waals surface area contributed by atoms with Crippen molar-refractivity contribution in [2.24, 2.45) is 34.5 Å². The predicted molar refractivity (Wildman–Crippen MR) is 236 cm³/mol. The van der Waals surface area contributed by atoms with E-state index in [0.717, 1.165) is 51.4 Å². The average molecular weight is 826 g/mol. The molecule has 308 valence electrons. The Morgan fingerprint density at radius 3 is 1.83 bits per heavy atom. The maximum Gasteiger partial charge on any atom is 0.184 e. The van der Waals surface area contributed by atoms with Crippen molar-refractivity contribution in [3.63, 3.8) is 0 Å². The molecule has 0 radical (unpaired) electrons.